The van der Waals surface area contributed by atoms with Gasteiger partial charge in [-0.3, -0.25) is 14.6 Å². The summed E-state index contributed by atoms with van der Waals surface area (Å²) in [6.45, 7) is 0.246. The van der Waals surface area contributed by atoms with Gasteiger partial charge in [0.25, 0.3) is 5.91 Å². The zero-order valence-corrected chi connectivity index (χ0v) is 17.1. The minimum absolute atomic E-state index is 0.0413. The number of hydrogen-bond donors (Lipinski definition) is 0. The SMILES string of the molecule is COC(=O)c1ccc([C@H]2c3c(oc4ccccc4c3=O)C(=O)N2Cc2cccnc2)cc1. The van der Waals surface area contributed by atoms with E-state index in [9.17, 15) is 14.4 Å². The lowest BCUT2D eigenvalue weighted by molar-refractivity contribution is 0.0599. The quantitative estimate of drug-likeness (QED) is 0.462. The summed E-state index contributed by atoms with van der Waals surface area (Å²) in [5.41, 5.74) is 2.31. The number of carbonyl (C=O) groups is 2. The summed E-state index contributed by atoms with van der Waals surface area (Å²) in [7, 11) is 1.31. The van der Waals surface area contributed by atoms with E-state index in [4.69, 9.17) is 9.15 Å². The van der Waals surface area contributed by atoms with Crippen LogP contribution in [0.3, 0.4) is 0 Å². The predicted octanol–water partition coefficient (Wildman–Crippen LogP) is 3.72. The molecule has 0 unspecified atom stereocenters. The molecule has 0 radical (unpaired) electrons. The standard InChI is InChI=1S/C25H18N2O5/c1-31-25(30)17-10-8-16(9-11-17)21-20-22(28)18-6-2-3-7-19(18)32-23(20)24(29)27(21)14-15-5-4-12-26-13-15/h2-13,21H,14H2,1H3/t21-/m0/s1. The number of pyridine rings is 1. The molecule has 7 nitrogen and oxygen atoms in total. The summed E-state index contributed by atoms with van der Waals surface area (Å²) in [6, 6.07) is 16.6. The average molecular weight is 426 g/mol. The molecule has 7 heteroatoms. The molecule has 1 aliphatic heterocycles. The molecular formula is C25H18N2O5. The number of carbonyl (C=O) groups excluding carboxylic acids is 2. The predicted molar refractivity (Wildman–Crippen MR) is 116 cm³/mol. The highest BCUT2D eigenvalue weighted by molar-refractivity contribution is 5.99. The minimum atomic E-state index is -0.662. The maximum atomic E-state index is 13.4. The molecule has 1 amide bonds. The number of amides is 1. The van der Waals surface area contributed by atoms with E-state index in [1.165, 1.54) is 7.11 Å². The second-order valence-corrected chi connectivity index (χ2v) is 7.48. The first-order valence-electron chi connectivity index (χ1n) is 10.0. The van der Waals surface area contributed by atoms with Crippen molar-refractivity contribution in [2.24, 2.45) is 0 Å². The van der Waals surface area contributed by atoms with Crippen molar-refractivity contribution in [2.75, 3.05) is 7.11 Å². The first kappa shape index (κ1) is 19.7. The summed E-state index contributed by atoms with van der Waals surface area (Å²) in [6.07, 6.45) is 3.34. The fourth-order valence-corrected chi connectivity index (χ4v) is 4.08. The Labute approximate surface area is 182 Å². The minimum Gasteiger partial charge on any atom is -0.465 e. The number of methoxy groups -OCH3 is 1. The van der Waals surface area contributed by atoms with Crippen molar-refractivity contribution < 1.29 is 18.7 Å². The van der Waals surface area contributed by atoms with Crippen molar-refractivity contribution in [3.63, 3.8) is 0 Å². The largest absolute Gasteiger partial charge is 0.465 e. The van der Waals surface area contributed by atoms with Crippen molar-refractivity contribution in [3.8, 4) is 0 Å². The van der Waals surface area contributed by atoms with Gasteiger partial charge in [-0.2, -0.15) is 0 Å². The smallest absolute Gasteiger partial charge is 0.337 e. The van der Waals surface area contributed by atoms with Crippen LogP contribution in [0.25, 0.3) is 11.0 Å². The maximum Gasteiger partial charge on any atom is 0.337 e. The molecule has 158 valence electrons. The number of rotatable bonds is 4. The molecule has 0 saturated carbocycles. The molecule has 0 bridgehead atoms. The lowest BCUT2D eigenvalue weighted by Gasteiger charge is -2.25. The summed E-state index contributed by atoms with van der Waals surface area (Å²) in [5, 5.41) is 0.415. The van der Waals surface area contributed by atoms with Gasteiger partial charge in [0.05, 0.1) is 29.7 Å². The summed E-state index contributed by atoms with van der Waals surface area (Å²) in [5.74, 6) is -0.787. The molecule has 32 heavy (non-hydrogen) atoms. The number of benzene rings is 2. The Morgan fingerprint density at radius 2 is 1.84 bits per heavy atom. The van der Waals surface area contributed by atoms with Crippen molar-refractivity contribution in [1.82, 2.24) is 9.88 Å². The molecule has 1 atom stereocenters. The van der Waals surface area contributed by atoms with Gasteiger partial charge in [0.1, 0.15) is 5.58 Å². The van der Waals surface area contributed by atoms with Crippen LogP contribution in [0.5, 0.6) is 0 Å². The molecular weight excluding hydrogens is 408 g/mol. The highest BCUT2D eigenvalue weighted by atomic mass is 16.5. The third-order valence-corrected chi connectivity index (χ3v) is 5.60. The molecule has 0 saturated heterocycles. The van der Waals surface area contributed by atoms with Crippen LogP contribution in [0, 0.1) is 0 Å². The van der Waals surface area contributed by atoms with E-state index in [-0.39, 0.29) is 23.6 Å². The highest BCUT2D eigenvalue weighted by Gasteiger charge is 2.42. The van der Waals surface area contributed by atoms with Crippen molar-refractivity contribution in [2.45, 2.75) is 12.6 Å². The van der Waals surface area contributed by atoms with Crippen LogP contribution >= 0.6 is 0 Å². The van der Waals surface area contributed by atoms with Gasteiger partial charge in [-0.1, -0.05) is 30.3 Å². The van der Waals surface area contributed by atoms with Gasteiger partial charge in [0.2, 0.25) is 5.76 Å². The van der Waals surface area contributed by atoms with E-state index in [0.717, 1.165) is 5.56 Å². The van der Waals surface area contributed by atoms with Crippen LogP contribution in [0.15, 0.2) is 82.3 Å². The van der Waals surface area contributed by atoms with E-state index < -0.39 is 12.0 Å². The third-order valence-electron chi connectivity index (χ3n) is 5.60. The number of esters is 1. The molecule has 4 aromatic rings. The lowest BCUT2D eigenvalue weighted by atomic mass is 9.97. The second kappa shape index (κ2) is 7.77. The van der Waals surface area contributed by atoms with Crippen LogP contribution in [0.2, 0.25) is 0 Å². The fourth-order valence-electron chi connectivity index (χ4n) is 4.08. The zero-order chi connectivity index (χ0) is 22.2. The Morgan fingerprint density at radius 1 is 1.06 bits per heavy atom. The molecule has 0 N–H and O–H groups in total. The van der Waals surface area contributed by atoms with Crippen LogP contribution in [-0.4, -0.2) is 28.9 Å². The molecule has 3 heterocycles. The molecule has 2 aromatic carbocycles. The molecule has 1 aliphatic rings. The lowest BCUT2D eigenvalue weighted by Crippen LogP contribution is -2.29. The fraction of sp³-hybridized carbons (Fsp3) is 0.120. The van der Waals surface area contributed by atoms with Gasteiger partial charge in [0, 0.05) is 18.9 Å². The maximum absolute atomic E-state index is 13.4. The number of ether oxygens (including phenoxy) is 1. The Kier molecular flexibility index (Phi) is 4.78. The van der Waals surface area contributed by atoms with E-state index in [2.05, 4.69) is 4.98 Å². The average Bonchev–Trinajstić information content (AvgIpc) is 3.11. The Morgan fingerprint density at radius 3 is 2.56 bits per heavy atom. The van der Waals surface area contributed by atoms with Crippen molar-refractivity contribution in [3.05, 3.63) is 111 Å². The van der Waals surface area contributed by atoms with Gasteiger partial charge >= 0.3 is 5.97 Å². The Balaban J connectivity index is 1.68. The first-order chi connectivity index (χ1) is 15.6. The molecule has 0 spiro atoms. The topological polar surface area (TPSA) is 89.7 Å². The number of fused-ring (bicyclic) bond motifs is 2. The normalized spacial score (nSPS) is 15.1. The van der Waals surface area contributed by atoms with Gasteiger partial charge < -0.3 is 14.1 Å². The van der Waals surface area contributed by atoms with E-state index in [1.54, 1.807) is 71.9 Å². The molecule has 2 aromatic heterocycles. The van der Waals surface area contributed by atoms with Crippen LogP contribution in [0.4, 0.5) is 0 Å². The van der Waals surface area contributed by atoms with Crippen molar-refractivity contribution in [1.29, 1.82) is 0 Å². The summed E-state index contributed by atoms with van der Waals surface area (Å²) >= 11 is 0. The van der Waals surface area contributed by atoms with Crippen LogP contribution in [-0.2, 0) is 11.3 Å². The highest BCUT2D eigenvalue weighted by Crippen LogP contribution is 2.39. The summed E-state index contributed by atoms with van der Waals surface area (Å²) < 4.78 is 10.7. The van der Waals surface area contributed by atoms with Crippen LogP contribution < -0.4 is 5.43 Å². The molecule has 5 rings (SSSR count). The number of para-hydroxylation sites is 1. The van der Waals surface area contributed by atoms with Gasteiger partial charge in [-0.15, -0.1) is 0 Å². The van der Waals surface area contributed by atoms with Gasteiger partial charge in [0.15, 0.2) is 5.43 Å². The number of nitrogens with zero attached hydrogens (tertiary/aromatic N) is 2. The number of hydrogen-bond acceptors (Lipinski definition) is 6. The van der Waals surface area contributed by atoms with E-state index >= 15 is 0 Å². The Bertz CT molecular complexity index is 1390. The van der Waals surface area contributed by atoms with E-state index in [0.29, 0.717) is 27.7 Å². The zero-order valence-electron chi connectivity index (χ0n) is 17.1. The van der Waals surface area contributed by atoms with E-state index in [1.807, 2.05) is 6.07 Å². The van der Waals surface area contributed by atoms with Crippen LogP contribution in [0.1, 0.15) is 43.6 Å². The van der Waals surface area contributed by atoms with Gasteiger partial charge in [-0.05, 0) is 41.5 Å². The monoisotopic (exact) mass is 426 g/mol. The third kappa shape index (κ3) is 3.15. The summed E-state index contributed by atoms with van der Waals surface area (Å²) in [4.78, 5) is 44.4. The second-order valence-electron chi connectivity index (χ2n) is 7.48. The molecule has 0 aliphatic carbocycles. The number of aromatic nitrogens is 1. The molecule has 0 fully saturated rings. The van der Waals surface area contributed by atoms with Crippen molar-refractivity contribution >= 4 is 22.8 Å². The van der Waals surface area contributed by atoms with Gasteiger partial charge in [-0.25, -0.2) is 4.79 Å². The first-order valence-corrected chi connectivity index (χ1v) is 10.0. The Hall–Kier alpha value is -4.26.